The minimum Gasteiger partial charge on any atom is -0.480 e. The van der Waals surface area contributed by atoms with E-state index >= 15 is 0 Å². The molecule has 0 saturated carbocycles. The van der Waals surface area contributed by atoms with Crippen LogP contribution < -0.4 is 0 Å². The van der Waals surface area contributed by atoms with E-state index in [9.17, 15) is 14.7 Å². The molecule has 1 fully saturated rings. The Morgan fingerprint density at radius 3 is 2.62 bits per heavy atom. The molecule has 2 rings (SSSR count). The standard InChI is InChI=1S/C16H14N2O3/c1-2-11-8-15(19)18(10-11)14(16(20)21)7-12-3-5-13(9-17)6-4-12/h1,3-6,11,14H,7-8,10H2,(H,20,21)/t11?,14-/m0/s1. The number of carboxylic acids is 1. The van der Waals surface area contributed by atoms with E-state index in [0.717, 1.165) is 5.56 Å². The number of aliphatic carboxylic acids is 1. The van der Waals surface area contributed by atoms with Crippen molar-refractivity contribution in [2.24, 2.45) is 5.92 Å². The van der Waals surface area contributed by atoms with Crippen LogP contribution in [0.3, 0.4) is 0 Å². The number of terminal acetylenes is 1. The molecule has 0 radical (unpaired) electrons. The van der Waals surface area contributed by atoms with E-state index in [2.05, 4.69) is 5.92 Å². The van der Waals surface area contributed by atoms with Crippen molar-refractivity contribution in [2.75, 3.05) is 6.54 Å². The van der Waals surface area contributed by atoms with Gasteiger partial charge in [0, 0.05) is 25.3 Å². The van der Waals surface area contributed by atoms with Crippen LogP contribution in [0.4, 0.5) is 0 Å². The van der Waals surface area contributed by atoms with Gasteiger partial charge in [0.25, 0.3) is 0 Å². The van der Waals surface area contributed by atoms with Gasteiger partial charge in [-0.25, -0.2) is 4.79 Å². The lowest BCUT2D eigenvalue weighted by Gasteiger charge is -2.24. The molecule has 5 heteroatoms. The molecule has 106 valence electrons. The molecule has 1 aromatic carbocycles. The molecule has 0 bridgehead atoms. The molecule has 1 saturated heterocycles. The van der Waals surface area contributed by atoms with E-state index < -0.39 is 12.0 Å². The Labute approximate surface area is 122 Å². The van der Waals surface area contributed by atoms with Crippen LogP contribution in [-0.2, 0) is 16.0 Å². The third-order valence-corrected chi connectivity index (χ3v) is 3.57. The Morgan fingerprint density at radius 2 is 2.14 bits per heavy atom. The van der Waals surface area contributed by atoms with E-state index in [4.69, 9.17) is 11.7 Å². The number of hydrogen-bond acceptors (Lipinski definition) is 3. The van der Waals surface area contributed by atoms with Crippen LogP contribution in [0, 0.1) is 29.6 Å². The van der Waals surface area contributed by atoms with Crippen molar-refractivity contribution in [3.8, 4) is 18.4 Å². The van der Waals surface area contributed by atoms with Gasteiger partial charge in [-0.3, -0.25) is 4.79 Å². The number of likely N-dealkylation sites (tertiary alicyclic amines) is 1. The summed E-state index contributed by atoms with van der Waals surface area (Å²) in [6.07, 6.45) is 5.71. The number of rotatable bonds is 4. The van der Waals surface area contributed by atoms with Crippen molar-refractivity contribution in [3.05, 3.63) is 35.4 Å². The summed E-state index contributed by atoms with van der Waals surface area (Å²) in [5.41, 5.74) is 1.27. The first-order valence-corrected chi connectivity index (χ1v) is 6.52. The SMILES string of the molecule is C#CC1CC(=O)N([C@@H](Cc2ccc(C#N)cc2)C(=O)O)C1. The molecule has 5 nitrogen and oxygen atoms in total. The number of hydrogen-bond donors (Lipinski definition) is 1. The highest BCUT2D eigenvalue weighted by Crippen LogP contribution is 2.22. The number of carbonyl (C=O) groups excluding carboxylic acids is 1. The number of benzene rings is 1. The predicted molar refractivity (Wildman–Crippen MR) is 74.9 cm³/mol. The molecule has 1 unspecified atom stereocenters. The van der Waals surface area contributed by atoms with Gasteiger partial charge in [0.15, 0.2) is 0 Å². The molecular weight excluding hydrogens is 268 g/mol. The number of nitriles is 1. The summed E-state index contributed by atoms with van der Waals surface area (Å²) in [6, 6.07) is 7.74. The van der Waals surface area contributed by atoms with E-state index in [1.807, 2.05) is 6.07 Å². The molecule has 0 spiro atoms. The Balaban J connectivity index is 2.16. The zero-order valence-electron chi connectivity index (χ0n) is 11.3. The maximum atomic E-state index is 11.9. The monoisotopic (exact) mass is 282 g/mol. The van der Waals surface area contributed by atoms with Crippen LogP contribution in [0.15, 0.2) is 24.3 Å². The zero-order valence-corrected chi connectivity index (χ0v) is 11.3. The van der Waals surface area contributed by atoms with Gasteiger partial charge in [-0.05, 0) is 17.7 Å². The second-order valence-corrected chi connectivity index (χ2v) is 4.98. The van der Waals surface area contributed by atoms with E-state index in [-0.39, 0.29) is 31.2 Å². The van der Waals surface area contributed by atoms with Gasteiger partial charge in [0.1, 0.15) is 6.04 Å². The van der Waals surface area contributed by atoms with Gasteiger partial charge < -0.3 is 10.0 Å². The second kappa shape index (κ2) is 6.11. The summed E-state index contributed by atoms with van der Waals surface area (Å²) in [5.74, 6) is 1.01. The van der Waals surface area contributed by atoms with Crippen LogP contribution in [0.5, 0.6) is 0 Å². The van der Waals surface area contributed by atoms with Gasteiger partial charge in [-0.15, -0.1) is 12.3 Å². The lowest BCUT2D eigenvalue weighted by Crippen LogP contribution is -2.43. The summed E-state index contributed by atoms with van der Waals surface area (Å²) in [6.45, 7) is 0.280. The first-order chi connectivity index (χ1) is 10.0. The highest BCUT2D eigenvalue weighted by Gasteiger charge is 2.36. The first-order valence-electron chi connectivity index (χ1n) is 6.52. The maximum absolute atomic E-state index is 11.9. The molecule has 0 aromatic heterocycles. The number of carboxylic acid groups (broad SMARTS) is 1. The van der Waals surface area contributed by atoms with Crippen LogP contribution in [0.1, 0.15) is 17.5 Å². The van der Waals surface area contributed by atoms with Gasteiger partial charge in [0.2, 0.25) is 5.91 Å². The second-order valence-electron chi connectivity index (χ2n) is 4.98. The molecule has 21 heavy (non-hydrogen) atoms. The number of carbonyl (C=O) groups is 2. The average molecular weight is 282 g/mol. The molecule has 2 atom stereocenters. The quantitative estimate of drug-likeness (QED) is 0.836. The fraction of sp³-hybridized carbons (Fsp3) is 0.312. The highest BCUT2D eigenvalue weighted by molar-refractivity contribution is 5.85. The molecule has 1 amide bonds. The minimum absolute atomic E-state index is 0.198. The van der Waals surface area contributed by atoms with Crippen molar-refractivity contribution in [3.63, 3.8) is 0 Å². The third kappa shape index (κ3) is 3.21. The van der Waals surface area contributed by atoms with Crippen LogP contribution in [-0.4, -0.2) is 34.5 Å². The van der Waals surface area contributed by atoms with Crippen molar-refractivity contribution < 1.29 is 14.7 Å². The Hall–Kier alpha value is -2.79. The molecule has 1 aromatic rings. The van der Waals surface area contributed by atoms with E-state index in [1.165, 1.54) is 4.90 Å². The smallest absolute Gasteiger partial charge is 0.326 e. The lowest BCUT2D eigenvalue weighted by atomic mass is 10.0. The maximum Gasteiger partial charge on any atom is 0.326 e. The summed E-state index contributed by atoms with van der Waals surface area (Å²) < 4.78 is 0. The molecule has 1 heterocycles. The molecular formula is C16H14N2O3. The van der Waals surface area contributed by atoms with Gasteiger partial charge in [0.05, 0.1) is 11.6 Å². The van der Waals surface area contributed by atoms with Gasteiger partial charge in [-0.2, -0.15) is 5.26 Å². The highest BCUT2D eigenvalue weighted by atomic mass is 16.4. The van der Waals surface area contributed by atoms with Crippen molar-refractivity contribution in [1.29, 1.82) is 5.26 Å². The van der Waals surface area contributed by atoms with Crippen LogP contribution >= 0.6 is 0 Å². The van der Waals surface area contributed by atoms with E-state index in [0.29, 0.717) is 5.56 Å². The first kappa shape index (κ1) is 14.6. The fourth-order valence-electron chi connectivity index (χ4n) is 2.41. The third-order valence-electron chi connectivity index (χ3n) is 3.57. The number of nitrogens with zero attached hydrogens (tertiary/aromatic N) is 2. The van der Waals surface area contributed by atoms with Gasteiger partial charge in [-0.1, -0.05) is 12.1 Å². The van der Waals surface area contributed by atoms with Crippen molar-refractivity contribution in [1.82, 2.24) is 4.90 Å². The lowest BCUT2D eigenvalue weighted by molar-refractivity contribution is -0.148. The van der Waals surface area contributed by atoms with E-state index in [1.54, 1.807) is 24.3 Å². The summed E-state index contributed by atoms with van der Waals surface area (Å²) in [4.78, 5) is 24.7. The summed E-state index contributed by atoms with van der Waals surface area (Å²) in [7, 11) is 0. The topological polar surface area (TPSA) is 81.4 Å². The number of amides is 1. The zero-order chi connectivity index (χ0) is 15.4. The van der Waals surface area contributed by atoms with Gasteiger partial charge >= 0.3 is 5.97 Å². The molecule has 1 aliphatic heterocycles. The van der Waals surface area contributed by atoms with Crippen molar-refractivity contribution in [2.45, 2.75) is 18.9 Å². The predicted octanol–water partition coefficient (Wildman–Crippen LogP) is 1.04. The van der Waals surface area contributed by atoms with Crippen LogP contribution in [0.25, 0.3) is 0 Å². The average Bonchev–Trinajstić information content (AvgIpc) is 2.86. The fourth-order valence-corrected chi connectivity index (χ4v) is 2.41. The molecule has 0 aliphatic carbocycles. The Kier molecular flexibility index (Phi) is 4.25. The normalized spacial score (nSPS) is 18.9. The Morgan fingerprint density at radius 1 is 1.48 bits per heavy atom. The van der Waals surface area contributed by atoms with Crippen LogP contribution in [0.2, 0.25) is 0 Å². The molecule has 1 N–H and O–H groups in total. The minimum atomic E-state index is -1.05. The summed E-state index contributed by atoms with van der Waals surface area (Å²) in [5, 5.41) is 18.1. The Bertz CT molecular complexity index is 637. The largest absolute Gasteiger partial charge is 0.480 e. The summed E-state index contributed by atoms with van der Waals surface area (Å²) >= 11 is 0. The van der Waals surface area contributed by atoms with Crippen molar-refractivity contribution >= 4 is 11.9 Å². The molecule has 1 aliphatic rings.